The van der Waals surface area contributed by atoms with Gasteiger partial charge in [-0.25, -0.2) is 13.1 Å². The summed E-state index contributed by atoms with van der Waals surface area (Å²) in [4.78, 5) is 25.7. The number of sulfonamides is 1. The number of hydrogen-bond donors (Lipinski definition) is 2. The molecule has 0 spiro atoms. The molecule has 3 aromatic rings. The minimum atomic E-state index is -3.91. The third kappa shape index (κ3) is 5.37. The summed E-state index contributed by atoms with van der Waals surface area (Å²) in [5.41, 5.74) is 1.15. The van der Waals surface area contributed by atoms with Crippen LogP contribution < -0.4 is 14.9 Å². The second-order valence-electron chi connectivity index (χ2n) is 7.69. The lowest BCUT2D eigenvalue weighted by Gasteiger charge is -2.31. The van der Waals surface area contributed by atoms with Crippen LogP contribution in [-0.2, 0) is 19.6 Å². The van der Waals surface area contributed by atoms with Crippen LogP contribution >= 0.6 is 0 Å². The maximum atomic E-state index is 12.7. The molecule has 1 saturated heterocycles. The van der Waals surface area contributed by atoms with E-state index < -0.39 is 15.9 Å². The van der Waals surface area contributed by atoms with Crippen LogP contribution in [0.25, 0.3) is 11.5 Å². The van der Waals surface area contributed by atoms with Gasteiger partial charge in [0, 0.05) is 31.6 Å². The van der Waals surface area contributed by atoms with E-state index >= 15 is 0 Å². The first-order valence-electron chi connectivity index (χ1n) is 10.4. The molecule has 0 aliphatic carbocycles. The van der Waals surface area contributed by atoms with Gasteiger partial charge in [-0.2, -0.15) is 0 Å². The first kappa shape index (κ1) is 22.5. The highest BCUT2D eigenvalue weighted by atomic mass is 32.2. The Bertz CT molecular complexity index is 1220. The molecule has 2 N–H and O–H groups in total. The molecule has 0 unspecified atom stereocenters. The number of benzene rings is 1. The van der Waals surface area contributed by atoms with Gasteiger partial charge < -0.3 is 14.6 Å². The fraction of sp³-hybridized carbons (Fsp3) is 0.273. The van der Waals surface area contributed by atoms with E-state index in [1.807, 2.05) is 22.9 Å². The lowest BCUT2D eigenvalue weighted by molar-refractivity contribution is -0.120. The van der Waals surface area contributed by atoms with Crippen molar-refractivity contribution in [3.05, 3.63) is 54.8 Å². The van der Waals surface area contributed by atoms with Gasteiger partial charge in [0.25, 0.3) is 10.0 Å². The number of aromatic nitrogens is 2. The molecule has 10 nitrogen and oxygen atoms in total. The van der Waals surface area contributed by atoms with E-state index in [1.54, 1.807) is 12.3 Å². The van der Waals surface area contributed by atoms with Crippen LogP contribution in [0.15, 0.2) is 64.1 Å². The Morgan fingerprint density at radius 2 is 1.76 bits per heavy atom. The number of rotatable bonds is 6. The summed E-state index contributed by atoms with van der Waals surface area (Å²) in [7, 11) is -3.91. The molecule has 2 amide bonds. The topological polar surface area (TPSA) is 134 Å². The fourth-order valence-corrected chi connectivity index (χ4v) is 4.62. The average Bonchev–Trinajstić information content (AvgIpc) is 3.34. The predicted octanol–water partition coefficient (Wildman–Crippen LogP) is 2.42. The summed E-state index contributed by atoms with van der Waals surface area (Å²) in [6.45, 7) is 2.46. The largest absolute Gasteiger partial charge is 0.463 e. The Morgan fingerprint density at radius 3 is 2.33 bits per heavy atom. The number of carbonyl (C=O) groups excluding carboxylic acids is 2. The molecule has 33 heavy (non-hydrogen) atoms. The van der Waals surface area contributed by atoms with Crippen molar-refractivity contribution >= 4 is 33.3 Å². The number of piperidine rings is 1. The summed E-state index contributed by atoms with van der Waals surface area (Å²) in [6, 6.07) is 13.0. The maximum absolute atomic E-state index is 12.7. The fourth-order valence-electron chi connectivity index (χ4n) is 3.63. The van der Waals surface area contributed by atoms with Crippen LogP contribution in [0.3, 0.4) is 0 Å². The Balaban J connectivity index is 1.31. The van der Waals surface area contributed by atoms with Crippen molar-refractivity contribution in [1.29, 1.82) is 0 Å². The zero-order chi connectivity index (χ0) is 23.4. The number of carbonyl (C=O) groups is 2. The minimum Gasteiger partial charge on any atom is -0.463 e. The predicted molar refractivity (Wildman–Crippen MR) is 121 cm³/mol. The lowest BCUT2D eigenvalue weighted by atomic mass is 9.96. The van der Waals surface area contributed by atoms with Gasteiger partial charge in [0.05, 0.1) is 11.2 Å². The number of hydrogen-bond acceptors (Lipinski definition) is 8. The normalized spacial score (nSPS) is 14.6. The number of amides is 2. The highest BCUT2D eigenvalue weighted by molar-refractivity contribution is 7.90. The van der Waals surface area contributed by atoms with Crippen LogP contribution in [0.1, 0.15) is 19.8 Å². The molecule has 0 radical (unpaired) electrons. The number of anilines is 2. The average molecular weight is 470 g/mol. The third-order valence-corrected chi connectivity index (χ3v) is 6.77. The van der Waals surface area contributed by atoms with E-state index in [0.29, 0.717) is 43.1 Å². The standard InChI is InChI=1S/C22H23N5O5S/c1-15(28)26-33(30,31)18-6-4-17(5-7-18)23-22(29)16-10-12-27(13-11-16)21-9-8-19(24-25-21)20-3-2-14-32-20/h2-9,14,16H,10-13H2,1H3,(H,23,29)(H,26,28). The van der Waals surface area contributed by atoms with Gasteiger partial charge in [-0.3, -0.25) is 9.59 Å². The third-order valence-electron chi connectivity index (χ3n) is 5.32. The lowest BCUT2D eigenvalue weighted by Crippen LogP contribution is -2.38. The Labute approximate surface area is 191 Å². The van der Waals surface area contributed by atoms with Crippen LogP contribution in [0.2, 0.25) is 0 Å². The van der Waals surface area contributed by atoms with E-state index in [9.17, 15) is 18.0 Å². The highest BCUT2D eigenvalue weighted by Gasteiger charge is 2.26. The number of furan rings is 1. The van der Waals surface area contributed by atoms with Gasteiger partial charge in [-0.1, -0.05) is 0 Å². The monoisotopic (exact) mass is 469 g/mol. The zero-order valence-electron chi connectivity index (χ0n) is 17.9. The van der Waals surface area contributed by atoms with Gasteiger partial charge in [0.2, 0.25) is 11.8 Å². The van der Waals surface area contributed by atoms with E-state index in [0.717, 1.165) is 12.7 Å². The van der Waals surface area contributed by atoms with Crippen LogP contribution in [0.4, 0.5) is 11.5 Å². The van der Waals surface area contributed by atoms with E-state index in [4.69, 9.17) is 4.42 Å². The number of nitrogens with zero attached hydrogens (tertiary/aromatic N) is 3. The number of nitrogens with one attached hydrogen (secondary N) is 2. The van der Waals surface area contributed by atoms with Crippen molar-refractivity contribution in [1.82, 2.24) is 14.9 Å². The first-order valence-corrected chi connectivity index (χ1v) is 11.9. The molecule has 1 fully saturated rings. The quantitative estimate of drug-likeness (QED) is 0.562. The second kappa shape index (κ2) is 9.41. The Kier molecular flexibility index (Phi) is 6.40. The molecule has 3 heterocycles. The molecule has 0 atom stereocenters. The molecule has 11 heteroatoms. The SMILES string of the molecule is CC(=O)NS(=O)(=O)c1ccc(NC(=O)C2CCN(c3ccc(-c4ccco4)nn3)CC2)cc1. The minimum absolute atomic E-state index is 0.0526. The van der Waals surface area contributed by atoms with Crippen molar-refractivity contribution in [3.8, 4) is 11.5 Å². The van der Waals surface area contributed by atoms with Crippen LogP contribution in [0.5, 0.6) is 0 Å². The van der Waals surface area contributed by atoms with Gasteiger partial charge in [-0.05, 0) is 61.4 Å². The maximum Gasteiger partial charge on any atom is 0.264 e. The second-order valence-corrected chi connectivity index (χ2v) is 9.37. The molecule has 1 aliphatic rings. The summed E-state index contributed by atoms with van der Waals surface area (Å²) in [5.74, 6) is 0.453. The summed E-state index contributed by atoms with van der Waals surface area (Å²) >= 11 is 0. The van der Waals surface area contributed by atoms with Gasteiger partial charge >= 0.3 is 0 Å². The molecule has 0 bridgehead atoms. The Hall–Kier alpha value is -3.73. The van der Waals surface area contributed by atoms with E-state index in [2.05, 4.69) is 20.4 Å². The van der Waals surface area contributed by atoms with Crippen molar-refractivity contribution in [3.63, 3.8) is 0 Å². The molecular formula is C22H23N5O5S. The Morgan fingerprint density at radius 1 is 1.03 bits per heavy atom. The highest BCUT2D eigenvalue weighted by Crippen LogP contribution is 2.25. The van der Waals surface area contributed by atoms with Crippen molar-refractivity contribution < 1.29 is 22.4 Å². The zero-order valence-corrected chi connectivity index (χ0v) is 18.7. The van der Waals surface area contributed by atoms with Crippen LogP contribution in [-0.4, -0.2) is 43.5 Å². The molecule has 0 saturated carbocycles. The van der Waals surface area contributed by atoms with Gasteiger partial charge in [0.1, 0.15) is 5.69 Å². The van der Waals surface area contributed by atoms with E-state index in [-0.39, 0.29) is 16.7 Å². The first-order chi connectivity index (χ1) is 15.8. The van der Waals surface area contributed by atoms with Gasteiger partial charge in [0.15, 0.2) is 11.6 Å². The molecule has 2 aromatic heterocycles. The molecule has 172 valence electrons. The van der Waals surface area contributed by atoms with Crippen molar-refractivity contribution in [2.75, 3.05) is 23.3 Å². The molecule has 1 aromatic carbocycles. The molecular weight excluding hydrogens is 446 g/mol. The van der Waals surface area contributed by atoms with Crippen molar-refractivity contribution in [2.24, 2.45) is 5.92 Å². The smallest absolute Gasteiger partial charge is 0.264 e. The van der Waals surface area contributed by atoms with Crippen molar-refractivity contribution in [2.45, 2.75) is 24.7 Å². The molecule has 4 rings (SSSR count). The summed E-state index contributed by atoms with van der Waals surface area (Å²) < 4.78 is 31.3. The van der Waals surface area contributed by atoms with Crippen LogP contribution in [0, 0.1) is 5.92 Å². The summed E-state index contributed by atoms with van der Waals surface area (Å²) in [6.07, 6.45) is 2.90. The molecule has 1 aliphatic heterocycles. The van der Waals surface area contributed by atoms with Gasteiger partial charge in [-0.15, -0.1) is 10.2 Å². The summed E-state index contributed by atoms with van der Waals surface area (Å²) in [5, 5.41) is 11.3. The van der Waals surface area contributed by atoms with E-state index in [1.165, 1.54) is 24.3 Å².